The molecular formula is C14H21N3O. The molecule has 0 saturated heterocycles. The third kappa shape index (κ3) is 2.88. The maximum absolute atomic E-state index is 12.2. The molecule has 98 valence electrons. The smallest absolute Gasteiger partial charge is 0.242 e. The van der Waals surface area contributed by atoms with Crippen LogP contribution in [0.3, 0.4) is 0 Å². The number of hydrogen-bond donors (Lipinski definition) is 1. The molecule has 0 aliphatic heterocycles. The Labute approximate surface area is 108 Å². The van der Waals surface area contributed by atoms with Gasteiger partial charge in [-0.3, -0.25) is 9.78 Å². The molecule has 1 atom stereocenters. The van der Waals surface area contributed by atoms with Crippen molar-refractivity contribution in [2.75, 3.05) is 13.6 Å². The minimum absolute atomic E-state index is 0.0425. The topological polar surface area (TPSA) is 59.2 Å². The quantitative estimate of drug-likeness (QED) is 0.851. The summed E-state index contributed by atoms with van der Waals surface area (Å²) in [4.78, 5) is 18.2. The number of hydrogen-bond acceptors (Lipinski definition) is 3. The van der Waals surface area contributed by atoms with Gasteiger partial charge >= 0.3 is 0 Å². The molecule has 1 aliphatic carbocycles. The van der Waals surface area contributed by atoms with Crippen molar-refractivity contribution in [3.8, 4) is 0 Å². The summed E-state index contributed by atoms with van der Waals surface area (Å²) in [5, 5.41) is 0. The highest BCUT2D eigenvalue weighted by Crippen LogP contribution is 2.38. The molecule has 0 spiro atoms. The molecule has 2 N–H and O–H groups in total. The van der Waals surface area contributed by atoms with Crippen LogP contribution in [-0.2, 0) is 11.2 Å². The number of carbonyl (C=O) groups is 1. The average Bonchev–Trinajstić information content (AvgIpc) is 3.20. The molecule has 4 nitrogen and oxygen atoms in total. The highest BCUT2D eigenvalue weighted by atomic mass is 16.2. The van der Waals surface area contributed by atoms with Gasteiger partial charge in [-0.15, -0.1) is 0 Å². The zero-order chi connectivity index (χ0) is 13.2. The molecule has 0 radical (unpaired) electrons. The zero-order valence-electron chi connectivity index (χ0n) is 11.1. The fraction of sp³-hybridized carbons (Fsp3) is 0.571. The first kappa shape index (κ1) is 13.0. The van der Waals surface area contributed by atoms with E-state index in [0.717, 1.165) is 25.0 Å². The second-order valence-corrected chi connectivity index (χ2v) is 5.35. The molecule has 1 aromatic heterocycles. The van der Waals surface area contributed by atoms with E-state index in [0.29, 0.717) is 12.5 Å². The van der Waals surface area contributed by atoms with E-state index in [9.17, 15) is 4.79 Å². The summed E-state index contributed by atoms with van der Waals surface area (Å²) in [6.45, 7) is 2.51. The van der Waals surface area contributed by atoms with E-state index in [4.69, 9.17) is 5.73 Å². The summed E-state index contributed by atoms with van der Waals surface area (Å²) in [6.07, 6.45) is 4.69. The van der Waals surface area contributed by atoms with Gasteiger partial charge in [0, 0.05) is 31.9 Å². The highest BCUT2D eigenvalue weighted by Gasteiger charge is 2.45. The molecule has 1 unspecified atom stereocenters. The number of aromatic nitrogens is 1. The van der Waals surface area contributed by atoms with Crippen LogP contribution >= 0.6 is 0 Å². The van der Waals surface area contributed by atoms with Crippen LogP contribution in [0.25, 0.3) is 0 Å². The molecular weight excluding hydrogens is 226 g/mol. The molecule has 18 heavy (non-hydrogen) atoms. The van der Waals surface area contributed by atoms with Gasteiger partial charge in [0.1, 0.15) is 0 Å². The summed E-state index contributed by atoms with van der Waals surface area (Å²) in [6, 6.07) is 5.82. The Balaban J connectivity index is 1.88. The SMILES string of the molecule is CN(CCc1ccccn1)C(=O)C(C)(N)C1CC1. The van der Waals surface area contributed by atoms with E-state index in [2.05, 4.69) is 4.98 Å². The normalized spacial score (nSPS) is 18.2. The summed E-state index contributed by atoms with van der Waals surface area (Å²) in [5.74, 6) is 0.406. The van der Waals surface area contributed by atoms with Crippen molar-refractivity contribution in [1.29, 1.82) is 0 Å². The second kappa shape index (κ2) is 5.06. The molecule has 0 aromatic carbocycles. The minimum Gasteiger partial charge on any atom is -0.344 e. The monoisotopic (exact) mass is 247 g/mol. The van der Waals surface area contributed by atoms with E-state index < -0.39 is 5.54 Å². The molecule has 0 bridgehead atoms. The van der Waals surface area contributed by atoms with Gasteiger partial charge in [-0.2, -0.15) is 0 Å². The lowest BCUT2D eigenvalue weighted by atomic mass is 9.95. The van der Waals surface area contributed by atoms with Crippen LogP contribution in [0.2, 0.25) is 0 Å². The van der Waals surface area contributed by atoms with Crippen molar-refractivity contribution in [1.82, 2.24) is 9.88 Å². The predicted octanol–water partition coefficient (Wildman–Crippen LogP) is 1.21. The minimum atomic E-state index is -0.696. The number of nitrogens with two attached hydrogens (primary N) is 1. The molecule has 4 heteroatoms. The Bertz CT molecular complexity index is 412. The van der Waals surface area contributed by atoms with E-state index in [1.807, 2.05) is 32.2 Å². The van der Waals surface area contributed by atoms with E-state index in [1.165, 1.54) is 0 Å². The van der Waals surface area contributed by atoms with Gasteiger partial charge in [0.15, 0.2) is 0 Å². The van der Waals surface area contributed by atoms with Crippen LogP contribution in [0.1, 0.15) is 25.5 Å². The molecule has 2 rings (SSSR count). The van der Waals surface area contributed by atoms with E-state index in [-0.39, 0.29) is 5.91 Å². The van der Waals surface area contributed by atoms with Gasteiger partial charge in [0.2, 0.25) is 5.91 Å². The van der Waals surface area contributed by atoms with Crippen molar-refractivity contribution in [3.05, 3.63) is 30.1 Å². The molecule has 1 fully saturated rings. The van der Waals surface area contributed by atoms with Gasteiger partial charge in [0.25, 0.3) is 0 Å². The third-order valence-electron chi connectivity index (χ3n) is 3.66. The molecule has 1 aliphatic rings. The Morgan fingerprint density at radius 3 is 2.83 bits per heavy atom. The number of pyridine rings is 1. The predicted molar refractivity (Wildman–Crippen MR) is 70.9 cm³/mol. The lowest BCUT2D eigenvalue weighted by Gasteiger charge is -2.29. The van der Waals surface area contributed by atoms with Crippen molar-refractivity contribution in [3.63, 3.8) is 0 Å². The van der Waals surface area contributed by atoms with Crippen LogP contribution in [-0.4, -0.2) is 34.9 Å². The van der Waals surface area contributed by atoms with Crippen LogP contribution < -0.4 is 5.73 Å². The first-order chi connectivity index (χ1) is 8.51. The number of nitrogens with zero attached hydrogens (tertiary/aromatic N) is 2. The van der Waals surface area contributed by atoms with Crippen LogP contribution in [0.5, 0.6) is 0 Å². The molecule has 1 aromatic rings. The largest absolute Gasteiger partial charge is 0.344 e. The summed E-state index contributed by atoms with van der Waals surface area (Å²) in [5.41, 5.74) is 6.44. The maximum atomic E-state index is 12.2. The van der Waals surface area contributed by atoms with Gasteiger partial charge in [-0.1, -0.05) is 6.07 Å². The first-order valence-electron chi connectivity index (χ1n) is 6.46. The zero-order valence-corrected chi connectivity index (χ0v) is 11.1. The Hall–Kier alpha value is -1.42. The Kier molecular flexibility index (Phi) is 3.66. The Morgan fingerprint density at radius 2 is 2.28 bits per heavy atom. The van der Waals surface area contributed by atoms with Crippen molar-refractivity contribution < 1.29 is 4.79 Å². The molecule has 1 saturated carbocycles. The first-order valence-corrected chi connectivity index (χ1v) is 6.46. The lowest BCUT2D eigenvalue weighted by Crippen LogP contribution is -2.54. The number of likely N-dealkylation sites (N-methyl/N-ethyl adjacent to an activating group) is 1. The van der Waals surface area contributed by atoms with E-state index in [1.54, 1.807) is 11.1 Å². The molecule has 1 heterocycles. The van der Waals surface area contributed by atoms with Crippen LogP contribution in [0.15, 0.2) is 24.4 Å². The summed E-state index contributed by atoms with van der Waals surface area (Å²) < 4.78 is 0. The third-order valence-corrected chi connectivity index (χ3v) is 3.66. The Morgan fingerprint density at radius 1 is 1.56 bits per heavy atom. The fourth-order valence-corrected chi connectivity index (χ4v) is 2.20. The maximum Gasteiger partial charge on any atom is 0.242 e. The number of carbonyl (C=O) groups excluding carboxylic acids is 1. The standard InChI is InChI=1S/C14H21N3O/c1-14(15,11-6-7-11)13(18)17(2)10-8-12-5-3-4-9-16-12/h3-5,9,11H,6-8,10,15H2,1-2H3. The van der Waals surface area contributed by atoms with Gasteiger partial charge in [-0.05, 0) is 37.8 Å². The van der Waals surface area contributed by atoms with Crippen molar-refractivity contribution in [2.45, 2.75) is 31.7 Å². The van der Waals surface area contributed by atoms with Crippen LogP contribution in [0, 0.1) is 5.92 Å². The van der Waals surface area contributed by atoms with Gasteiger partial charge in [0.05, 0.1) is 5.54 Å². The van der Waals surface area contributed by atoms with Gasteiger partial charge < -0.3 is 10.6 Å². The average molecular weight is 247 g/mol. The van der Waals surface area contributed by atoms with Gasteiger partial charge in [-0.25, -0.2) is 0 Å². The highest BCUT2D eigenvalue weighted by molar-refractivity contribution is 5.86. The lowest BCUT2D eigenvalue weighted by molar-refractivity contribution is -0.135. The number of rotatable bonds is 5. The van der Waals surface area contributed by atoms with E-state index >= 15 is 0 Å². The second-order valence-electron chi connectivity index (χ2n) is 5.35. The van der Waals surface area contributed by atoms with Crippen LogP contribution in [0.4, 0.5) is 0 Å². The number of amides is 1. The fourth-order valence-electron chi connectivity index (χ4n) is 2.20. The molecule has 1 amide bonds. The summed E-state index contributed by atoms with van der Waals surface area (Å²) in [7, 11) is 1.82. The van der Waals surface area contributed by atoms with Crippen molar-refractivity contribution in [2.24, 2.45) is 11.7 Å². The summed E-state index contributed by atoms with van der Waals surface area (Å²) >= 11 is 0. The van der Waals surface area contributed by atoms with Crippen molar-refractivity contribution >= 4 is 5.91 Å².